The van der Waals surface area contributed by atoms with Crippen molar-refractivity contribution in [3.63, 3.8) is 0 Å². The molecule has 0 heterocycles. The van der Waals surface area contributed by atoms with Crippen LogP contribution in [0.1, 0.15) is 5.56 Å². The van der Waals surface area contributed by atoms with Gasteiger partial charge in [-0.1, -0.05) is 17.7 Å². The second-order valence-electron chi connectivity index (χ2n) is 3.84. The smallest absolute Gasteiger partial charge is 0.138 e. The van der Waals surface area contributed by atoms with E-state index in [1.165, 1.54) is 0 Å². The van der Waals surface area contributed by atoms with E-state index in [0.717, 1.165) is 0 Å². The second kappa shape index (κ2) is 5.63. The molecule has 0 aromatic heterocycles. The van der Waals surface area contributed by atoms with Crippen LogP contribution in [0.25, 0.3) is 0 Å². The lowest BCUT2D eigenvalue weighted by Crippen LogP contribution is -2.12. The van der Waals surface area contributed by atoms with Crippen LogP contribution < -0.4 is 15.2 Å². The lowest BCUT2D eigenvalue weighted by molar-refractivity contribution is 0.409. The molecule has 0 aliphatic heterocycles. The summed E-state index contributed by atoms with van der Waals surface area (Å²) in [5.41, 5.74) is 5.97. The molecule has 4 nitrogen and oxygen atoms in total. The minimum Gasteiger partial charge on any atom is -0.497 e. The monoisotopic (exact) mass is 276 g/mol. The van der Waals surface area contributed by atoms with Crippen molar-refractivity contribution >= 4 is 17.4 Å². The third-order valence-corrected chi connectivity index (χ3v) is 2.74. The van der Waals surface area contributed by atoms with E-state index in [2.05, 4.69) is 0 Å². The van der Waals surface area contributed by atoms with Crippen molar-refractivity contribution in [2.75, 3.05) is 7.11 Å². The summed E-state index contributed by atoms with van der Waals surface area (Å²) >= 11 is 5.88. The Hall–Kier alpha value is -2.20. The standard InChI is InChI=1S/C14H13ClN2O2/c1-18-10-3-2-4-11(8-10)19-13-6-5-9(15)7-12(13)14(16)17/h2-8H,1H3,(H3,16,17). The van der Waals surface area contributed by atoms with Crippen molar-refractivity contribution in [1.82, 2.24) is 0 Å². The highest BCUT2D eigenvalue weighted by molar-refractivity contribution is 6.31. The van der Waals surface area contributed by atoms with Crippen LogP contribution in [0, 0.1) is 5.41 Å². The minimum atomic E-state index is -0.0969. The first-order chi connectivity index (χ1) is 9.10. The third-order valence-electron chi connectivity index (χ3n) is 2.50. The Balaban J connectivity index is 2.34. The van der Waals surface area contributed by atoms with Gasteiger partial charge in [-0.15, -0.1) is 0 Å². The van der Waals surface area contributed by atoms with Crippen LogP contribution in [-0.2, 0) is 0 Å². The molecule has 0 fully saturated rings. The predicted molar refractivity (Wildman–Crippen MR) is 75.5 cm³/mol. The summed E-state index contributed by atoms with van der Waals surface area (Å²) in [5, 5.41) is 8.03. The van der Waals surface area contributed by atoms with Crippen LogP contribution in [0.4, 0.5) is 0 Å². The first-order valence-corrected chi connectivity index (χ1v) is 5.94. The molecule has 0 aliphatic rings. The summed E-state index contributed by atoms with van der Waals surface area (Å²) in [5.74, 6) is 1.67. The molecule has 5 heteroatoms. The number of nitrogens with two attached hydrogens (primary N) is 1. The van der Waals surface area contributed by atoms with E-state index in [-0.39, 0.29) is 5.84 Å². The Bertz CT molecular complexity index is 614. The zero-order chi connectivity index (χ0) is 13.8. The Morgan fingerprint density at radius 1 is 1.16 bits per heavy atom. The average molecular weight is 277 g/mol. The molecular formula is C14H13ClN2O2. The third kappa shape index (κ3) is 3.17. The Morgan fingerprint density at radius 2 is 1.89 bits per heavy atom. The molecule has 3 N–H and O–H groups in total. The molecule has 19 heavy (non-hydrogen) atoms. The number of ether oxygens (including phenoxy) is 2. The number of amidine groups is 1. The van der Waals surface area contributed by atoms with Gasteiger partial charge in [0.25, 0.3) is 0 Å². The first-order valence-electron chi connectivity index (χ1n) is 5.56. The van der Waals surface area contributed by atoms with Crippen LogP contribution in [-0.4, -0.2) is 12.9 Å². The molecule has 0 saturated heterocycles. The molecule has 0 saturated carbocycles. The van der Waals surface area contributed by atoms with Gasteiger partial charge in [-0.3, -0.25) is 5.41 Å². The highest BCUT2D eigenvalue weighted by Crippen LogP contribution is 2.29. The van der Waals surface area contributed by atoms with Gasteiger partial charge in [0.1, 0.15) is 23.1 Å². The van der Waals surface area contributed by atoms with Crippen LogP contribution in [0.15, 0.2) is 42.5 Å². The summed E-state index contributed by atoms with van der Waals surface area (Å²) < 4.78 is 10.8. The number of benzene rings is 2. The minimum absolute atomic E-state index is 0.0969. The van der Waals surface area contributed by atoms with Gasteiger partial charge < -0.3 is 15.2 Å². The molecule has 0 amide bonds. The van der Waals surface area contributed by atoms with Crippen LogP contribution >= 0.6 is 11.6 Å². The molecular weight excluding hydrogens is 264 g/mol. The predicted octanol–water partition coefficient (Wildman–Crippen LogP) is 3.42. The molecule has 0 unspecified atom stereocenters. The molecule has 0 radical (unpaired) electrons. The SMILES string of the molecule is COc1cccc(Oc2ccc(Cl)cc2C(=N)N)c1. The van der Waals surface area contributed by atoms with Crippen LogP contribution in [0.5, 0.6) is 17.2 Å². The molecule has 0 aliphatic carbocycles. The second-order valence-corrected chi connectivity index (χ2v) is 4.27. The number of halogens is 1. The van der Waals surface area contributed by atoms with Crippen molar-refractivity contribution in [2.45, 2.75) is 0 Å². The van der Waals surface area contributed by atoms with Gasteiger partial charge in [0.05, 0.1) is 12.7 Å². The number of rotatable bonds is 4. The van der Waals surface area contributed by atoms with Crippen molar-refractivity contribution < 1.29 is 9.47 Å². The molecule has 98 valence electrons. The van der Waals surface area contributed by atoms with Crippen LogP contribution in [0.3, 0.4) is 0 Å². The van der Waals surface area contributed by atoms with Crippen molar-refractivity contribution in [1.29, 1.82) is 5.41 Å². The summed E-state index contributed by atoms with van der Waals surface area (Å²) in [6, 6.07) is 12.1. The fourth-order valence-corrected chi connectivity index (χ4v) is 1.77. The van der Waals surface area contributed by atoms with Gasteiger partial charge in [0.2, 0.25) is 0 Å². The average Bonchev–Trinajstić information content (AvgIpc) is 2.41. The molecule has 2 aromatic carbocycles. The van der Waals surface area contributed by atoms with Gasteiger partial charge in [-0.2, -0.15) is 0 Å². The maximum atomic E-state index is 7.53. The number of methoxy groups -OCH3 is 1. The summed E-state index contributed by atoms with van der Waals surface area (Å²) in [6.45, 7) is 0. The number of hydrogen-bond donors (Lipinski definition) is 2. The van der Waals surface area contributed by atoms with E-state index in [1.54, 1.807) is 37.4 Å². The summed E-state index contributed by atoms with van der Waals surface area (Å²) in [7, 11) is 1.59. The highest BCUT2D eigenvalue weighted by atomic mass is 35.5. The molecule has 2 rings (SSSR count). The van der Waals surface area contributed by atoms with Crippen molar-refractivity contribution in [2.24, 2.45) is 5.73 Å². The van der Waals surface area contributed by atoms with E-state index < -0.39 is 0 Å². The van der Waals surface area contributed by atoms with E-state index in [0.29, 0.717) is 27.8 Å². The maximum Gasteiger partial charge on any atom is 0.138 e. The van der Waals surface area contributed by atoms with Gasteiger partial charge in [-0.25, -0.2) is 0 Å². The fraction of sp³-hybridized carbons (Fsp3) is 0.0714. The van der Waals surface area contributed by atoms with Gasteiger partial charge in [-0.05, 0) is 30.3 Å². The summed E-state index contributed by atoms with van der Waals surface area (Å²) in [4.78, 5) is 0. The molecule has 0 spiro atoms. The molecule has 0 bridgehead atoms. The maximum absolute atomic E-state index is 7.53. The van der Waals surface area contributed by atoms with Gasteiger partial charge >= 0.3 is 0 Å². The Kier molecular flexibility index (Phi) is 3.92. The number of nitrogen functional groups attached to an aromatic ring is 1. The van der Waals surface area contributed by atoms with Crippen molar-refractivity contribution in [3.8, 4) is 17.2 Å². The molecule has 0 atom stereocenters. The first kappa shape index (κ1) is 13.2. The Morgan fingerprint density at radius 3 is 2.58 bits per heavy atom. The van der Waals surface area contributed by atoms with E-state index in [4.69, 9.17) is 32.2 Å². The van der Waals surface area contributed by atoms with Crippen LogP contribution in [0.2, 0.25) is 5.02 Å². The normalized spacial score (nSPS) is 10.0. The quantitative estimate of drug-likeness (QED) is 0.664. The van der Waals surface area contributed by atoms with Crippen molar-refractivity contribution in [3.05, 3.63) is 53.1 Å². The van der Waals surface area contributed by atoms with Gasteiger partial charge in [0, 0.05) is 11.1 Å². The summed E-state index contributed by atoms with van der Waals surface area (Å²) in [6.07, 6.45) is 0. The zero-order valence-electron chi connectivity index (χ0n) is 10.3. The fourth-order valence-electron chi connectivity index (χ4n) is 1.59. The lowest BCUT2D eigenvalue weighted by atomic mass is 10.2. The largest absolute Gasteiger partial charge is 0.497 e. The van der Waals surface area contributed by atoms with Gasteiger partial charge in [0.15, 0.2) is 0 Å². The van der Waals surface area contributed by atoms with E-state index in [1.807, 2.05) is 12.1 Å². The topological polar surface area (TPSA) is 68.3 Å². The Labute approximate surface area is 116 Å². The number of nitrogens with one attached hydrogen (secondary N) is 1. The highest BCUT2D eigenvalue weighted by Gasteiger charge is 2.09. The molecule has 2 aromatic rings. The zero-order valence-corrected chi connectivity index (χ0v) is 11.1. The van der Waals surface area contributed by atoms with E-state index in [9.17, 15) is 0 Å². The van der Waals surface area contributed by atoms with E-state index >= 15 is 0 Å². The number of hydrogen-bond acceptors (Lipinski definition) is 3. The lowest BCUT2D eigenvalue weighted by Gasteiger charge is -2.11.